The molecule has 0 spiro atoms. The van der Waals surface area contributed by atoms with Crippen LogP contribution in [0.5, 0.6) is 0 Å². The fourth-order valence-corrected chi connectivity index (χ4v) is 3.43. The molecule has 0 bridgehead atoms. The number of rotatable bonds is 5. The first kappa shape index (κ1) is 23.3. The maximum absolute atomic E-state index is 2.32. The summed E-state index contributed by atoms with van der Waals surface area (Å²) >= 11 is 0. The van der Waals surface area contributed by atoms with Crippen molar-refractivity contribution in [1.82, 2.24) is 0 Å². The van der Waals surface area contributed by atoms with Gasteiger partial charge in [-0.15, -0.1) is 0 Å². The normalized spacial score (nSPS) is 11.2. The summed E-state index contributed by atoms with van der Waals surface area (Å²) < 4.78 is 0. The monoisotopic (exact) mass is 367 g/mol. The first-order valence-corrected chi connectivity index (χ1v) is 10.5. The van der Waals surface area contributed by atoms with Crippen molar-refractivity contribution < 1.29 is 0 Å². The zero-order valence-corrected chi connectivity index (χ0v) is 19.3. The lowest BCUT2D eigenvalue weighted by atomic mass is 9.90. The van der Waals surface area contributed by atoms with Crippen LogP contribution in [-0.4, -0.2) is 14.1 Å². The molecule has 0 heterocycles. The van der Waals surface area contributed by atoms with Crippen molar-refractivity contribution in [3.8, 4) is 0 Å². The van der Waals surface area contributed by atoms with Crippen molar-refractivity contribution in [1.29, 1.82) is 0 Å². The predicted molar refractivity (Wildman–Crippen MR) is 124 cm³/mol. The van der Waals surface area contributed by atoms with Crippen molar-refractivity contribution >= 4 is 5.69 Å². The van der Waals surface area contributed by atoms with E-state index in [-0.39, 0.29) is 0 Å². The van der Waals surface area contributed by atoms with E-state index in [4.69, 9.17) is 0 Å². The van der Waals surface area contributed by atoms with Crippen LogP contribution in [0.15, 0.2) is 42.5 Å². The third-order valence-electron chi connectivity index (χ3n) is 5.07. The Hall–Kier alpha value is -1.76. The van der Waals surface area contributed by atoms with E-state index in [1.807, 2.05) is 0 Å². The Labute approximate surface area is 168 Å². The number of benzene rings is 2. The molecule has 2 aromatic rings. The van der Waals surface area contributed by atoms with E-state index in [0.29, 0.717) is 23.7 Å². The van der Waals surface area contributed by atoms with E-state index < -0.39 is 0 Å². The topological polar surface area (TPSA) is 3.24 Å². The Morgan fingerprint density at radius 2 is 0.889 bits per heavy atom. The third-order valence-corrected chi connectivity index (χ3v) is 5.07. The van der Waals surface area contributed by atoms with Gasteiger partial charge < -0.3 is 4.90 Å². The second-order valence-corrected chi connectivity index (χ2v) is 8.96. The Morgan fingerprint density at radius 3 is 1.22 bits per heavy atom. The molecular formula is C26H41N. The minimum absolute atomic E-state index is 0.599. The molecule has 0 amide bonds. The van der Waals surface area contributed by atoms with E-state index in [1.54, 1.807) is 0 Å². The molecule has 0 unspecified atom stereocenters. The second kappa shape index (κ2) is 10.5. The lowest BCUT2D eigenvalue weighted by molar-refractivity contribution is 0.789. The SMILES string of the molecule is CC(C)c1ccc(N(C)C)cc1C(C)C.CC(C)c1ccccc1C(C)C. The van der Waals surface area contributed by atoms with Gasteiger partial charge >= 0.3 is 0 Å². The van der Waals surface area contributed by atoms with E-state index in [1.165, 1.54) is 27.9 Å². The first-order chi connectivity index (χ1) is 12.6. The number of anilines is 1. The minimum atomic E-state index is 0.599. The highest BCUT2D eigenvalue weighted by atomic mass is 15.1. The molecule has 0 radical (unpaired) electrons. The fraction of sp³-hybridized carbons (Fsp3) is 0.538. The summed E-state index contributed by atoms with van der Waals surface area (Å²) in [5.41, 5.74) is 7.25. The molecule has 1 heteroatoms. The van der Waals surface area contributed by atoms with Crippen molar-refractivity contribution in [2.45, 2.75) is 79.1 Å². The zero-order valence-electron chi connectivity index (χ0n) is 19.3. The Kier molecular flexibility index (Phi) is 9.09. The van der Waals surface area contributed by atoms with Crippen molar-refractivity contribution in [3.63, 3.8) is 0 Å². The smallest absolute Gasteiger partial charge is 0.0364 e. The third kappa shape index (κ3) is 6.72. The molecule has 0 aliphatic heterocycles. The lowest BCUT2D eigenvalue weighted by Gasteiger charge is -2.20. The quantitative estimate of drug-likeness (QED) is 0.518. The fourth-order valence-electron chi connectivity index (χ4n) is 3.43. The van der Waals surface area contributed by atoms with E-state index in [0.717, 1.165) is 0 Å². The van der Waals surface area contributed by atoms with Gasteiger partial charge in [-0.25, -0.2) is 0 Å². The van der Waals surface area contributed by atoms with Gasteiger partial charge in [-0.05, 0) is 58.1 Å². The van der Waals surface area contributed by atoms with Crippen molar-refractivity contribution in [3.05, 3.63) is 64.7 Å². The van der Waals surface area contributed by atoms with Gasteiger partial charge in [0.05, 0.1) is 0 Å². The number of hydrogen-bond acceptors (Lipinski definition) is 1. The molecule has 2 rings (SSSR count). The molecule has 0 aliphatic rings. The summed E-state index contributed by atoms with van der Waals surface area (Å²) in [4.78, 5) is 2.16. The highest BCUT2D eigenvalue weighted by Gasteiger charge is 2.11. The van der Waals surface area contributed by atoms with E-state index in [2.05, 4.69) is 117 Å². The van der Waals surface area contributed by atoms with Crippen LogP contribution in [0.2, 0.25) is 0 Å². The number of nitrogens with zero attached hydrogens (tertiary/aromatic N) is 1. The predicted octanol–water partition coefficient (Wildman–Crippen LogP) is 7.93. The molecule has 1 nitrogen and oxygen atoms in total. The van der Waals surface area contributed by atoms with Crippen LogP contribution in [0.4, 0.5) is 5.69 Å². The van der Waals surface area contributed by atoms with Crippen LogP contribution < -0.4 is 4.90 Å². The Morgan fingerprint density at radius 1 is 0.519 bits per heavy atom. The van der Waals surface area contributed by atoms with E-state index in [9.17, 15) is 0 Å². The molecule has 0 fully saturated rings. The maximum atomic E-state index is 2.32. The van der Waals surface area contributed by atoms with Crippen molar-refractivity contribution in [2.24, 2.45) is 0 Å². The summed E-state index contributed by atoms with van der Waals surface area (Å²) in [5.74, 6) is 2.49. The zero-order chi connectivity index (χ0) is 20.7. The van der Waals surface area contributed by atoms with Crippen LogP contribution in [-0.2, 0) is 0 Å². The van der Waals surface area contributed by atoms with Gasteiger partial charge in [-0.1, -0.05) is 85.7 Å². The molecule has 0 atom stereocenters. The summed E-state index contributed by atoms with van der Waals surface area (Å²) in [6.07, 6.45) is 0. The Balaban J connectivity index is 0.000000277. The van der Waals surface area contributed by atoms with Gasteiger partial charge in [-0.3, -0.25) is 0 Å². The molecule has 0 aliphatic carbocycles. The van der Waals surface area contributed by atoms with Gasteiger partial charge in [0, 0.05) is 19.8 Å². The highest BCUT2D eigenvalue weighted by molar-refractivity contribution is 5.51. The minimum Gasteiger partial charge on any atom is -0.378 e. The molecule has 27 heavy (non-hydrogen) atoms. The summed E-state index contributed by atoms with van der Waals surface area (Å²) in [5, 5.41) is 0. The van der Waals surface area contributed by atoms with Gasteiger partial charge in [0.25, 0.3) is 0 Å². The molecular weight excluding hydrogens is 326 g/mol. The summed E-state index contributed by atoms with van der Waals surface area (Å²) in [6, 6.07) is 15.5. The van der Waals surface area contributed by atoms with Gasteiger partial charge in [0.2, 0.25) is 0 Å². The maximum Gasteiger partial charge on any atom is 0.0364 e. The first-order valence-electron chi connectivity index (χ1n) is 10.5. The standard InChI is InChI=1S/C14H23N.C12H18/c1-10(2)13-8-7-12(15(5)6)9-14(13)11(3)4;1-9(2)11-7-5-6-8-12(11)10(3)4/h7-11H,1-6H3;5-10H,1-4H3. The average molecular weight is 368 g/mol. The summed E-state index contributed by atoms with van der Waals surface area (Å²) in [7, 11) is 4.18. The lowest BCUT2D eigenvalue weighted by Crippen LogP contribution is -2.10. The summed E-state index contributed by atoms with van der Waals surface area (Å²) in [6.45, 7) is 18.1. The molecule has 0 N–H and O–H groups in total. The highest BCUT2D eigenvalue weighted by Crippen LogP contribution is 2.29. The number of hydrogen-bond donors (Lipinski definition) is 0. The van der Waals surface area contributed by atoms with E-state index >= 15 is 0 Å². The van der Waals surface area contributed by atoms with Gasteiger partial charge in [0.15, 0.2) is 0 Å². The van der Waals surface area contributed by atoms with Gasteiger partial charge in [0.1, 0.15) is 0 Å². The largest absolute Gasteiger partial charge is 0.378 e. The van der Waals surface area contributed by atoms with Crippen molar-refractivity contribution in [2.75, 3.05) is 19.0 Å². The van der Waals surface area contributed by atoms with Crippen LogP contribution >= 0.6 is 0 Å². The molecule has 0 saturated carbocycles. The molecule has 0 aromatic heterocycles. The Bertz CT molecular complexity index is 666. The van der Waals surface area contributed by atoms with Crippen LogP contribution in [0, 0.1) is 0 Å². The van der Waals surface area contributed by atoms with Gasteiger partial charge in [-0.2, -0.15) is 0 Å². The van der Waals surface area contributed by atoms with Crippen LogP contribution in [0.3, 0.4) is 0 Å². The average Bonchev–Trinajstić information content (AvgIpc) is 2.61. The molecule has 0 saturated heterocycles. The molecule has 150 valence electrons. The second-order valence-electron chi connectivity index (χ2n) is 8.96. The molecule has 2 aromatic carbocycles. The van der Waals surface area contributed by atoms with Crippen LogP contribution in [0.1, 0.15) is 101 Å². The van der Waals surface area contributed by atoms with Crippen LogP contribution in [0.25, 0.3) is 0 Å².